The molecule has 25 heavy (non-hydrogen) atoms. The van der Waals surface area contributed by atoms with Crippen LogP contribution in [0.5, 0.6) is 0 Å². The third-order valence-corrected chi connectivity index (χ3v) is 5.87. The molecule has 0 amide bonds. The van der Waals surface area contributed by atoms with Gasteiger partial charge in [-0.15, -0.1) is 0 Å². The van der Waals surface area contributed by atoms with Crippen molar-refractivity contribution in [3.05, 3.63) is 65.7 Å². The molecule has 0 radical (unpaired) electrons. The summed E-state index contributed by atoms with van der Waals surface area (Å²) in [5, 5.41) is 0. The van der Waals surface area contributed by atoms with Crippen LogP contribution in [0.3, 0.4) is 0 Å². The minimum absolute atomic E-state index is 0.129. The molecule has 2 aromatic rings. The van der Waals surface area contributed by atoms with Gasteiger partial charge in [-0.05, 0) is 38.1 Å². The summed E-state index contributed by atoms with van der Waals surface area (Å²) < 4.78 is 32.8. The molecule has 0 spiro atoms. The van der Waals surface area contributed by atoms with Crippen LogP contribution in [0.15, 0.2) is 59.5 Å². The monoisotopic (exact) mass is 355 g/mol. The van der Waals surface area contributed by atoms with E-state index < -0.39 is 15.6 Å². The standard InChI is InChI=1S/C20H21NO3S/c1-17-10-12-19(13-11-17)25(22,23)21(15-20(2)16-24-20)14-6-9-18-7-4-3-5-8-18/h3-5,7-8,10-13H,14-16H2,1-2H3. The van der Waals surface area contributed by atoms with Gasteiger partial charge in [0, 0.05) is 12.1 Å². The lowest BCUT2D eigenvalue weighted by molar-refractivity contribution is 0.274. The molecule has 1 fully saturated rings. The van der Waals surface area contributed by atoms with Gasteiger partial charge in [0.2, 0.25) is 10.0 Å². The molecule has 1 aliphatic rings. The Morgan fingerprint density at radius 1 is 1.12 bits per heavy atom. The van der Waals surface area contributed by atoms with E-state index in [4.69, 9.17) is 4.74 Å². The number of benzene rings is 2. The van der Waals surface area contributed by atoms with Gasteiger partial charge >= 0.3 is 0 Å². The maximum Gasteiger partial charge on any atom is 0.244 e. The third-order valence-electron chi connectivity index (χ3n) is 4.07. The SMILES string of the molecule is Cc1ccc(S(=O)(=O)N(CC#Cc2ccccc2)CC2(C)CO2)cc1. The van der Waals surface area contributed by atoms with Gasteiger partial charge in [0.1, 0.15) is 5.60 Å². The average molecular weight is 355 g/mol. The molecule has 4 nitrogen and oxygen atoms in total. The summed E-state index contributed by atoms with van der Waals surface area (Å²) in [6.07, 6.45) is 0. The average Bonchev–Trinajstić information content (AvgIpc) is 3.32. The maximum atomic E-state index is 13.0. The highest BCUT2D eigenvalue weighted by atomic mass is 32.2. The number of hydrogen-bond donors (Lipinski definition) is 0. The smallest absolute Gasteiger partial charge is 0.244 e. The lowest BCUT2D eigenvalue weighted by atomic mass is 10.2. The van der Waals surface area contributed by atoms with Crippen LogP contribution < -0.4 is 0 Å². The predicted molar refractivity (Wildman–Crippen MR) is 97.6 cm³/mol. The van der Waals surface area contributed by atoms with Crippen molar-refractivity contribution in [3.8, 4) is 11.8 Å². The number of aryl methyl sites for hydroxylation is 1. The van der Waals surface area contributed by atoms with Gasteiger partial charge in [0.15, 0.2) is 0 Å². The number of ether oxygens (including phenoxy) is 1. The molecule has 2 aromatic carbocycles. The Labute approximate surface area is 149 Å². The van der Waals surface area contributed by atoms with Crippen molar-refractivity contribution in [1.82, 2.24) is 4.31 Å². The normalized spacial score (nSPS) is 19.3. The second-order valence-electron chi connectivity index (χ2n) is 6.49. The minimum atomic E-state index is -3.61. The zero-order chi connectivity index (χ0) is 17.9. The van der Waals surface area contributed by atoms with E-state index >= 15 is 0 Å². The van der Waals surface area contributed by atoms with Gasteiger partial charge in [-0.3, -0.25) is 0 Å². The van der Waals surface area contributed by atoms with E-state index in [1.54, 1.807) is 24.3 Å². The minimum Gasteiger partial charge on any atom is -0.368 e. The molecule has 3 rings (SSSR count). The van der Waals surface area contributed by atoms with Crippen LogP contribution in [-0.2, 0) is 14.8 Å². The van der Waals surface area contributed by atoms with Crippen molar-refractivity contribution >= 4 is 10.0 Å². The molecule has 1 heterocycles. The van der Waals surface area contributed by atoms with Gasteiger partial charge in [-0.1, -0.05) is 47.7 Å². The summed E-state index contributed by atoms with van der Waals surface area (Å²) >= 11 is 0. The van der Waals surface area contributed by atoms with E-state index in [1.165, 1.54) is 4.31 Å². The molecule has 0 aromatic heterocycles. The topological polar surface area (TPSA) is 49.9 Å². The summed E-state index contributed by atoms with van der Waals surface area (Å²) in [6.45, 7) is 4.84. The Bertz CT molecular complexity index is 889. The maximum absolute atomic E-state index is 13.0. The molecule has 5 heteroatoms. The summed E-state index contributed by atoms with van der Waals surface area (Å²) in [6, 6.07) is 16.4. The second-order valence-corrected chi connectivity index (χ2v) is 8.43. The lowest BCUT2D eigenvalue weighted by Gasteiger charge is -2.22. The van der Waals surface area contributed by atoms with Crippen molar-refractivity contribution in [2.75, 3.05) is 19.7 Å². The van der Waals surface area contributed by atoms with Crippen LogP contribution in [0.4, 0.5) is 0 Å². The molecule has 1 aliphatic heterocycles. The first-order valence-electron chi connectivity index (χ1n) is 8.14. The fraction of sp³-hybridized carbons (Fsp3) is 0.300. The number of hydrogen-bond acceptors (Lipinski definition) is 3. The van der Waals surface area contributed by atoms with Crippen LogP contribution in [0.25, 0.3) is 0 Å². The van der Waals surface area contributed by atoms with E-state index in [2.05, 4.69) is 11.8 Å². The number of rotatable bonds is 5. The Balaban J connectivity index is 1.84. The first-order chi connectivity index (χ1) is 11.9. The van der Waals surface area contributed by atoms with Crippen LogP contribution in [0.1, 0.15) is 18.1 Å². The largest absolute Gasteiger partial charge is 0.368 e. The van der Waals surface area contributed by atoms with Gasteiger partial charge in [-0.2, -0.15) is 4.31 Å². The highest BCUT2D eigenvalue weighted by Gasteiger charge is 2.43. The van der Waals surface area contributed by atoms with Crippen molar-refractivity contribution in [2.45, 2.75) is 24.3 Å². The molecule has 0 bridgehead atoms. The van der Waals surface area contributed by atoms with E-state index in [-0.39, 0.29) is 11.4 Å². The van der Waals surface area contributed by atoms with Crippen LogP contribution in [0.2, 0.25) is 0 Å². The van der Waals surface area contributed by atoms with E-state index in [0.717, 1.165) is 11.1 Å². The second kappa shape index (κ2) is 7.01. The Hall–Kier alpha value is -2.13. The van der Waals surface area contributed by atoms with E-state index in [0.29, 0.717) is 13.2 Å². The van der Waals surface area contributed by atoms with Crippen molar-refractivity contribution < 1.29 is 13.2 Å². The Morgan fingerprint density at radius 3 is 2.36 bits per heavy atom. The fourth-order valence-electron chi connectivity index (χ4n) is 2.42. The molecule has 0 saturated carbocycles. The van der Waals surface area contributed by atoms with Gasteiger partial charge in [0.25, 0.3) is 0 Å². The number of nitrogens with zero attached hydrogens (tertiary/aromatic N) is 1. The molecular weight excluding hydrogens is 334 g/mol. The van der Waals surface area contributed by atoms with Crippen molar-refractivity contribution in [3.63, 3.8) is 0 Å². The summed E-state index contributed by atoms with van der Waals surface area (Å²) in [4.78, 5) is 0.281. The Kier molecular flexibility index (Phi) is 4.96. The zero-order valence-electron chi connectivity index (χ0n) is 14.4. The molecular formula is C20H21NO3S. The Morgan fingerprint density at radius 2 is 1.76 bits per heavy atom. The summed E-state index contributed by atoms with van der Waals surface area (Å²) in [5.41, 5.74) is 1.47. The van der Waals surface area contributed by atoms with E-state index in [1.807, 2.05) is 44.2 Å². The van der Waals surface area contributed by atoms with Gasteiger partial charge in [0.05, 0.1) is 18.0 Å². The van der Waals surface area contributed by atoms with E-state index in [9.17, 15) is 8.42 Å². The molecule has 0 N–H and O–H groups in total. The highest BCUT2D eigenvalue weighted by Crippen LogP contribution is 2.29. The number of epoxide rings is 1. The van der Waals surface area contributed by atoms with Gasteiger partial charge in [-0.25, -0.2) is 8.42 Å². The first-order valence-corrected chi connectivity index (χ1v) is 9.58. The first kappa shape index (κ1) is 17.7. The van der Waals surface area contributed by atoms with Crippen molar-refractivity contribution in [1.29, 1.82) is 0 Å². The quantitative estimate of drug-likeness (QED) is 0.612. The third kappa shape index (κ3) is 4.49. The highest BCUT2D eigenvalue weighted by molar-refractivity contribution is 7.89. The fourth-order valence-corrected chi connectivity index (χ4v) is 3.88. The van der Waals surface area contributed by atoms with Crippen LogP contribution >= 0.6 is 0 Å². The summed E-state index contributed by atoms with van der Waals surface area (Å²) in [5.74, 6) is 6.00. The number of sulfonamides is 1. The molecule has 1 saturated heterocycles. The lowest BCUT2D eigenvalue weighted by Crippen LogP contribution is -2.38. The molecule has 0 aliphatic carbocycles. The van der Waals surface area contributed by atoms with Crippen LogP contribution in [-0.4, -0.2) is 38.0 Å². The van der Waals surface area contributed by atoms with Crippen molar-refractivity contribution in [2.24, 2.45) is 0 Å². The summed E-state index contributed by atoms with van der Waals surface area (Å²) in [7, 11) is -3.61. The molecule has 1 atom stereocenters. The van der Waals surface area contributed by atoms with Crippen LogP contribution in [0, 0.1) is 18.8 Å². The van der Waals surface area contributed by atoms with Gasteiger partial charge < -0.3 is 4.74 Å². The molecule has 130 valence electrons. The predicted octanol–water partition coefficient (Wildman–Crippen LogP) is 2.83. The zero-order valence-corrected chi connectivity index (χ0v) is 15.2. The molecule has 1 unspecified atom stereocenters.